The van der Waals surface area contributed by atoms with Gasteiger partial charge in [0.15, 0.2) is 0 Å². The minimum atomic E-state index is -4.26. The SMILES string of the molecule is COc1cc(-c2cc(F)cc(C(C)C)c2CC(=O)NS(=O)(=O)c2ccc(C(C)(C)O)c(Cl)c2)ccn1.COc1ccc(-c2cc(F)cc(C(C)C)c2CC(=O)NS(=O)(=O)c2ccc(C(C)(C)O)cc2C)cn1.COc1ccncc1-c1cc(F)cc(C(C)C)c1CC(=O)NS(=O)(=O)c1cc(C(C)(C)O)cs1.Cc1cnccc1-c1cc(F)cc(C(C)C)c1CC(=O)NS(=O)(=O)c1cc(C(C)(C)O)cs1. The Bertz CT molecular complexity index is 7050. The number of sulfonamides is 4. The summed E-state index contributed by atoms with van der Waals surface area (Å²) in [6.07, 6.45) is 8.17. The van der Waals surface area contributed by atoms with E-state index in [-0.39, 0.29) is 72.6 Å². The van der Waals surface area contributed by atoms with Gasteiger partial charge < -0.3 is 34.6 Å². The smallest absolute Gasteiger partial charge is 0.273 e. The van der Waals surface area contributed by atoms with Crippen molar-refractivity contribution in [3.8, 4) is 62.0 Å². The van der Waals surface area contributed by atoms with Crippen LogP contribution in [0.4, 0.5) is 17.6 Å². The number of ether oxygens (including phenoxy) is 3. The van der Waals surface area contributed by atoms with Crippen molar-refractivity contribution >= 4 is 98.0 Å². The molecule has 139 heavy (non-hydrogen) atoms. The summed E-state index contributed by atoms with van der Waals surface area (Å²) in [7, 11) is -12.3. The van der Waals surface area contributed by atoms with Crippen LogP contribution in [0.2, 0.25) is 5.02 Å². The molecule has 0 fully saturated rings. The zero-order valence-corrected chi connectivity index (χ0v) is 86.2. The summed E-state index contributed by atoms with van der Waals surface area (Å²) >= 11 is 8.02. The van der Waals surface area contributed by atoms with Crippen molar-refractivity contribution in [3.05, 3.63) is 288 Å². The lowest BCUT2D eigenvalue weighted by Crippen LogP contribution is -2.33. The van der Waals surface area contributed by atoms with E-state index in [1.165, 1.54) is 156 Å². The second-order valence-electron chi connectivity index (χ2n) is 36.1. The van der Waals surface area contributed by atoms with E-state index in [4.69, 9.17) is 25.8 Å². The second-order valence-corrected chi connectivity index (χ2v) is 45.5. The first-order chi connectivity index (χ1) is 64.6. The summed E-state index contributed by atoms with van der Waals surface area (Å²) in [5, 5.41) is 43.7. The first kappa shape index (κ1) is 111. The quantitative estimate of drug-likeness (QED) is 0.0187. The summed E-state index contributed by atoms with van der Waals surface area (Å²) < 4.78 is 185. The predicted molar refractivity (Wildman–Crippen MR) is 528 cm³/mol. The number of aliphatic hydroxyl groups is 4. The number of thiophene rings is 2. The largest absolute Gasteiger partial charge is 0.496 e. The van der Waals surface area contributed by atoms with Crippen molar-refractivity contribution in [1.82, 2.24) is 38.8 Å². The number of hydrogen-bond donors (Lipinski definition) is 8. The Hall–Kier alpha value is -11.8. The first-order valence-corrected chi connectivity index (χ1v) is 51.6. The number of carbonyl (C=O) groups excluding carboxylic acids is 4. The van der Waals surface area contributed by atoms with E-state index in [9.17, 15) is 90.8 Å². The molecule has 12 aromatic rings. The summed E-state index contributed by atoms with van der Waals surface area (Å²) in [6.45, 7) is 30.8. The Morgan fingerprint density at radius 2 is 0.799 bits per heavy atom. The highest BCUT2D eigenvalue weighted by atomic mass is 35.5. The average molecular weight is 2050 g/mol. The number of benzene rings is 6. The maximum absolute atomic E-state index is 14.5. The molecule has 6 aromatic carbocycles. The third kappa shape index (κ3) is 28.8. The van der Waals surface area contributed by atoms with Crippen LogP contribution >= 0.6 is 34.3 Å². The van der Waals surface area contributed by atoms with E-state index in [0.29, 0.717) is 129 Å². The minimum Gasteiger partial charge on any atom is -0.496 e. The van der Waals surface area contributed by atoms with Crippen LogP contribution in [0.15, 0.2) is 200 Å². The fourth-order valence-electron chi connectivity index (χ4n) is 15.0. The molecule has 6 aromatic heterocycles. The summed E-state index contributed by atoms with van der Waals surface area (Å²) in [5.41, 5.74) is 6.76. The number of rotatable bonds is 31. The third-order valence-corrected chi connectivity index (χ3v) is 31.0. The Morgan fingerprint density at radius 3 is 1.19 bits per heavy atom. The van der Waals surface area contributed by atoms with Gasteiger partial charge in [-0.05, 0) is 313 Å². The van der Waals surface area contributed by atoms with E-state index in [0.717, 1.165) is 33.8 Å². The molecular weight excluding hydrogens is 1930 g/mol. The fourth-order valence-corrected chi connectivity index (χ4v) is 22.4. The van der Waals surface area contributed by atoms with E-state index < -0.39 is 109 Å². The minimum absolute atomic E-state index is 0.0485. The maximum atomic E-state index is 14.5. The van der Waals surface area contributed by atoms with Crippen LogP contribution in [0.3, 0.4) is 0 Å². The Kier molecular flexibility index (Phi) is 36.1. The van der Waals surface area contributed by atoms with Crippen LogP contribution in [0.5, 0.6) is 17.5 Å². The number of carbonyl (C=O) groups is 4. The molecule has 0 unspecified atom stereocenters. The Balaban J connectivity index is 0.000000207. The summed E-state index contributed by atoms with van der Waals surface area (Å²) in [6, 6.07) is 31.7. The molecule has 742 valence electrons. The maximum Gasteiger partial charge on any atom is 0.273 e. The van der Waals surface area contributed by atoms with Crippen LogP contribution in [0, 0.1) is 37.1 Å². The number of amides is 4. The molecule has 0 bridgehead atoms. The highest BCUT2D eigenvalue weighted by Gasteiger charge is 2.33. The van der Waals surface area contributed by atoms with Gasteiger partial charge in [0.05, 0.1) is 79.2 Å². The third-order valence-electron chi connectivity index (χ3n) is 22.1. The highest BCUT2D eigenvalue weighted by molar-refractivity contribution is 7.92. The zero-order valence-electron chi connectivity index (χ0n) is 80.5. The molecule has 27 nitrogen and oxygen atoms in total. The van der Waals surface area contributed by atoms with Crippen LogP contribution in [0.25, 0.3) is 44.5 Å². The van der Waals surface area contributed by atoms with Gasteiger partial charge in [0.1, 0.15) is 37.4 Å². The molecule has 12 rings (SSSR count). The topological polar surface area (TPSA) is 413 Å². The van der Waals surface area contributed by atoms with Gasteiger partial charge in [-0.1, -0.05) is 85.2 Å². The van der Waals surface area contributed by atoms with E-state index >= 15 is 0 Å². The number of pyridine rings is 4. The van der Waals surface area contributed by atoms with Crippen molar-refractivity contribution in [1.29, 1.82) is 0 Å². The lowest BCUT2D eigenvalue weighted by atomic mass is 9.87. The van der Waals surface area contributed by atoms with Gasteiger partial charge in [0, 0.05) is 71.0 Å². The lowest BCUT2D eigenvalue weighted by molar-refractivity contribution is -0.119. The van der Waals surface area contributed by atoms with Crippen LogP contribution < -0.4 is 33.1 Å². The highest BCUT2D eigenvalue weighted by Crippen LogP contribution is 2.42. The monoisotopic (exact) mass is 2040 g/mol. The van der Waals surface area contributed by atoms with Crippen LogP contribution in [-0.4, -0.2) is 119 Å². The summed E-state index contributed by atoms with van der Waals surface area (Å²) in [4.78, 5) is 67.9. The number of aromatic nitrogens is 4. The standard InChI is InChI=1S/C27H31FN2O5S.C26H28ClFN2O5S.C24H27FN2O5S2.C24H27FN2O4S2/c1-16(2)21-12-20(28)13-22(18-7-10-26(35-6)29-15-18)23(21)14-25(31)30-36(33,34)24-9-8-19(11-17(24)3)27(4,5)32;1-15(2)19-11-17(28)12-20(16-8-9-29-25(10-16)35-5)21(19)14-24(31)30-36(33,34)18-6-7-22(23(27)13-18)26(3,4)32;1-14(2)17-9-16(25)10-18(20-12-26-7-6-21(20)32-5)19(17)11-22(28)27-34(30,31)23-8-15(13-33-23)24(3,4)29;1-14(2)19-9-17(25)10-20(18-6-7-26-12-15(18)3)21(19)11-22(28)27-33(30,31)23-8-16(13-32-23)24(4,5)29/h7-13,15-16,32H,14H2,1-6H3,(H,30,31);6-13,15,32H,14H2,1-5H3,(H,30,31);6-10,12-14,29H,11H2,1-5H3,(H,27,28);6-10,12-14,29H,11H2,1-5H3,(H,27,28). The van der Waals surface area contributed by atoms with E-state index in [1.807, 2.05) is 62.3 Å². The molecule has 0 aliphatic rings. The Labute approximate surface area is 821 Å². The second kappa shape index (κ2) is 45.2. The molecule has 4 amide bonds. The van der Waals surface area contributed by atoms with Gasteiger partial charge in [0.25, 0.3) is 40.1 Å². The van der Waals surface area contributed by atoms with Crippen molar-refractivity contribution in [2.24, 2.45) is 0 Å². The number of halogens is 5. The molecule has 0 saturated heterocycles. The molecule has 0 aliphatic heterocycles. The molecule has 0 atom stereocenters. The molecule has 0 radical (unpaired) electrons. The van der Waals surface area contributed by atoms with Gasteiger partial charge in [-0.3, -0.25) is 29.1 Å². The summed E-state index contributed by atoms with van der Waals surface area (Å²) in [5.74, 6) is -4.26. The fraction of sp³-hybridized carbons (Fsp3) is 0.327. The molecule has 0 spiro atoms. The number of aryl methyl sites for hydroxylation is 2. The molecular formula is C101H113ClF4N8O19S6. The first-order valence-electron chi connectivity index (χ1n) is 43.5. The molecule has 8 N–H and O–H groups in total. The zero-order chi connectivity index (χ0) is 103. The number of nitrogens with zero attached hydrogens (tertiary/aromatic N) is 4. The van der Waals surface area contributed by atoms with Crippen molar-refractivity contribution in [2.75, 3.05) is 21.3 Å². The van der Waals surface area contributed by atoms with Crippen molar-refractivity contribution in [3.63, 3.8) is 0 Å². The van der Waals surface area contributed by atoms with Gasteiger partial charge in [0.2, 0.25) is 35.4 Å². The number of hydrogen-bond acceptors (Lipinski definition) is 25. The Morgan fingerprint density at radius 1 is 0.388 bits per heavy atom. The molecule has 6 heterocycles. The number of nitrogens with one attached hydrogen (secondary N) is 4. The predicted octanol–water partition coefficient (Wildman–Crippen LogP) is 18.6. The van der Waals surface area contributed by atoms with Crippen LogP contribution in [-0.2, 0) is 107 Å². The van der Waals surface area contributed by atoms with Crippen LogP contribution in [0.1, 0.15) is 212 Å². The van der Waals surface area contributed by atoms with Crippen molar-refractivity contribution in [2.45, 2.75) is 215 Å². The lowest BCUT2D eigenvalue weighted by Gasteiger charge is -2.20. The molecule has 0 aliphatic carbocycles. The average Bonchev–Trinajstić information content (AvgIpc) is 1.45. The van der Waals surface area contributed by atoms with Gasteiger partial charge in [-0.15, -0.1) is 22.7 Å². The van der Waals surface area contributed by atoms with Gasteiger partial charge in [-0.2, -0.15) is 0 Å². The number of methoxy groups -OCH3 is 3. The normalized spacial score (nSPS) is 12.1. The van der Waals surface area contributed by atoms with E-state index in [2.05, 4.69) is 38.8 Å². The van der Waals surface area contributed by atoms with Gasteiger partial charge >= 0.3 is 0 Å². The van der Waals surface area contributed by atoms with Crippen molar-refractivity contribution < 1.29 is 105 Å². The van der Waals surface area contributed by atoms with Gasteiger partial charge in [-0.25, -0.2) is 80.1 Å². The molecule has 38 heteroatoms. The molecule has 0 saturated carbocycles. The van der Waals surface area contributed by atoms with E-state index in [1.54, 1.807) is 109 Å².